The quantitative estimate of drug-likeness (QED) is 0.808. The number of hydrogen-bond donors (Lipinski definition) is 2. The summed E-state index contributed by atoms with van der Waals surface area (Å²) in [4.78, 5) is 25.5. The van der Waals surface area contributed by atoms with Crippen molar-refractivity contribution in [3.8, 4) is 0 Å². The van der Waals surface area contributed by atoms with E-state index < -0.39 is 9.84 Å². The average Bonchev–Trinajstić information content (AvgIpc) is 3.05. The molecule has 1 aromatic heterocycles. The fourth-order valence-electron chi connectivity index (χ4n) is 2.69. The molecule has 9 heteroatoms. The lowest BCUT2D eigenvalue weighted by Gasteiger charge is -2.38. The van der Waals surface area contributed by atoms with E-state index in [0.717, 1.165) is 0 Å². The summed E-state index contributed by atoms with van der Waals surface area (Å²) in [6, 6.07) is 9.11. The molecular formula is C17H19N3O5S. The lowest BCUT2D eigenvalue weighted by Crippen LogP contribution is -2.62. The molecule has 0 radical (unpaired) electrons. The van der Waals surface area contributed by atoms with Crippen molar-refractivity contribution in [2.24, 2.45) is 0 Å². The van der Waals surface area contributed by atoms with Gasteiger partial charge in [-0.1, -0.05) is 18.2 Å². The largest absolute Gasteiger partial charge is 0.459 e. The van der Waals surface area contributed by atoms with Crippen molar-refractivity contribution >= 4 is 21.8 Å². The molecule has 8 nitrogen and oxygen atoms in total. The maximum atomic E-state index is 12.5. The van der Waals surface area contributed by atoms with E-state index in [2.05, 4.69) is 10.6 Å². The maximum Gasteiger partial charge on any atom is 0.314 e. The van der Waals surface area contributed by atoms with Crippen LogP contribution < -0.4 is 10.6 Å². The summed E-state index contributed by atoms with van der Waals surface area (Å²) in [6.07, 6.45) is 1.31. The Morgan fingerprint density at radius 2 is 1.88 bits per heavy atom. The second-order valence-electron chi connectivity index (χ2n) is 5.98. The van der Waals surface area contributed by atoms with Gasteiger partial charge in [-0.3, -0.25) is 4.79 Å². The summed E-state index contributed by atoms with van der Waals surface area (Å²) in [5.74, 6) is -0.686. The smallest absolute Gasteiger partial charge is 0.314 e. The van der Waals surface area contributed by atoms with Crippen molar-refractivity contribution in [1.29, 1.82) is 0 Å². The van der Waals surface area contributed by atoms with Gasteiger partial charge in [0.25, 0.3) is 5.91 Å². The molecule has 1 aromatic carbocycles. The molecule has 2 aromatic rings. The number of sulfone groups is 1. The van der Waals surface area contributed by atoms with Gasteiger partial charge in [0.1, 0.15) is 0 Å². The van der Waals surface area contributed by atoms with Gasteiger partial charge in [-0.25, -0.2) is 13.2 Å². The van der Waals surface area contributed by atoms with Crippen molar-refractivity contribution in [1.82, 2.24) is 15.5 Å². The molecule has 3 amide bonds. The number of carbonyl (C=O) groups is 2. The van der Waals surface area contributed by atoms with Crippen LogP contribution in [0.25, 0.3) is 0 Å². The van der Waals surface area contributed by atoms with Gasteiger partial charge in [0.05, 0.1) is 23.0 Å². The van der Waals surface area contributed by atoms with Gasteiger partial charge in [-0.15, -0.1) is 0 Å². The summed E-state index contributed by atoms with van der Waals surface area (Å²) >= 11 is 0. The molecule has 0 saturated carbocycles. The van der Waals surface area contributed by atoms with Gasteiger partial charge in [0, 0.05) is 25.7 Å². The van der Waals surface area contributed by atoms with Crippen molar-refractivity contribution in [2.45, 2.75) is 16.7 Å². The molecule has 0 spiro atoms. The molecule has 26 heavy (non-hydrogen) atoms. The van der Waals surface area contributed by atoms with Crippen LogP contribution in [0.3, 0.4) is 0 Å². The van der Waals surface area contributed by atoms with Gasteiger partial charge < -0.3 is 20.0 Å². The maximum absolute atomic E-state index is 12.5. The highest BCUT2D eigenvalue weighted by molar-refractivity contribution is 7.90. The molecule has 0 aliphatic carbocycles. The van der Waals surface area contributed by atoms with Gasteiger partial charge in [-0.2, -0.15) is 0 Å². The van der Waals surface area contributed by atoms with Gasteiger partial charge in [0.15, 0.2) is 15.6 Å². The number of carbonyl (C=O) groups excluding carboxylic acids is 2. The number of rotatable bonds is 5. The molecule has 1 aliphatic heterocycles. The molecule has 2 N–H and O–H groups in total. The first-order valence-electron chi connectivity index (χ1n) is 8.02. The number of urea groups is 1. The molecule has 3 rings (SSSR count). The SMILES string of the molecule is CNC(=O)NC1CN(C(=O)c2occc2CS(=O)(=O)c2ccccc2)C1. The number of likely N-dealkylation sites (tertiary alicyclic amines) is 1. The number of nitrogens with zero attached hydrogens (tertiary/aromatic N) is 1. The van der Waals surface area contributed by atoms with Gasteiger partial charge in [-0.05, 0) is 18.2 Å². The monoisotopic (exact) mass is 377 g/mol. The number of benzene rings is 1. The Morgan fingerprint density at radius 1 is 1.19 bits per heavy atom. The molecule has 1 saturated heterocycles. The third-order valence-corrected chi connectivity index (χ3v) is 5.80. The molecular weight excluding hydrogens is 358 g/mol. The lowest BCUT2D eigenvalue weighted by molar-refractivity contribution is 0.0544. The zero-order valence-electron chi connectivity index (χ0n) is 14.1. The van der Waals surface area contributed by atoms with Gasteiger partial charge >= 0.3 is 6.03 Å². The molecule has 0 unspecified atom stereocenters. The first kappa shape index (κ1) is 18.0. The Bertz CT molecular complexity index is 901. The summed E-state index contributed by atoms with van der Waals surface area (Å²) in [5.41, 5.74) is 0.321. The summed E-state index contributed by atoms with van der Waals surface area (Å²) < 4.78 is 30.3. The average molecular weight is 377 g/mol. The van der Waals surface area contributed by atoms with Gasteiger partial charge in [0.2, 0.25) is 0 Å². The first-order chi connectivity index (χ1) is 12.4. The Morgan fingerprint density at radius 3 is 2.54 bits per heavy atom. The van der Waals surface area contributed by atoms with Crippen LogP contribution in [0.1, 0.15) is 16.1 Å². The molecule has 0 atom stereocenters. The molecule has 2 heterocycles. The minimum Gasteiger partial charge on any atom is -0.459 e. The van der Waals surface area contributed by atoms with E-state index in [1.807, 2.05) is 0 Å². The fourth-order valence-corrected chi connectivity index (χ4v) is 4.06. The molecule has 0 bridgehead atoms. The van der Waals surface area contributed by atoms with E-state index in [1.165, 1.54) is 36.4 Å². The summed E-state index contributed by atoms with van der Waals surface area (Å²) in [7, 11) is -2.07. The second kappa shape index (κ2) is 7.20. The number of amides is 3. The fraction of sp³-hybridized carbons (Fsp3) is 0.294. The first-order valence-corrected chi connectivity index (χ1v) is 9.67. The van der Waals surface area contributed by atoms with E-state index in [0.29, 0.717) is 18.7 Å². The van der Waals surface area contributed by atoms with Crippen molar-refractivity contribution in [3.63, 3.8) is 0 Å². The number of hydrogen-bond acceptors (Lipinski definition) is 5. The zero-order chi connectivity index (χ0) is 18.7. The van der Waals surface area contributed by atoms with Crippen LogP contribution in [0, 0.1) is 0 Å². The standard InChI is InChI=1S/C17H19N3O5S/c1-18-17(22)19-13-9-20(10-13)16(21)15-12(7-8-25-15)11-26(23,24)14-5-3-2-4-6-14/h2-8,13H,9-11H2,1H3,(H2,18,19,22). The topological polar surface area (TPSA) is 109 Å². The van der Waals surface area contributed by atoms with Crippen LogP contribution >= 0.6 is 0 Å². The van der Waals surface area contributed by atoms with Crippen LogP contribution in [0.2, 0.25) is 0 Å². The highest BCUT2D eigenvalue weighted by Crippen LogP contribution is 2.22. The van der Waals surface area contributed by atoms with Crippen LogP contribution in [-0.2, 0) is 15.6 Å². The Labute approximate surface area is 151 Å². The van der Waals surface area contributed by atoms with Crippen molar-refractivity contribution in [2.75, 3.05) is 20.1 Å². The Balaban J connectivity index is 1.68. The predicted molar refractivity (Wildman–Crippen MR) is 93.3 cm³/mol. The number of furan rings is 1. The minimum atomic E-state index is -3.58. The van der Waals surface area contributed by atoms with Crippen LogP contribution in [0.4, 0.5) is 4.79 Å². The van der Waals surface area contributed by atoms with Crippen LogP contribution in [-0.4, -0.2) is 51.4 Å². The normalized spacial score (nSPS) is 14.6. The van der Waals surface area contributed by atoms with Crippen molar-refractivity contribution < 1.29 is 22.4 Å². The number of nitrogens with one attached hydrogen (secondary N) is 2. The third kappa shape index (κ3) is 3.72. The highest BCUT2D eigenvalue weighted by Gasteiger charge is 2.35. The summed E-state index contributed by atoms with van der Waals surface area (Å²) in [5, 5.41) is 5.15. The second-order valence-corrected chi connectivity index (χ2v) is 7.97. The molecule has 138 valence electrons. The Hall–Kier alpha value is -2.81. The van der Waals surface area contributed by atoms with Crippen molar-refractivity contribution in [3.05, 3.63) is 54.0 Å². The van der Waals surface area contributed by atoms with E-state index in [4.69, 9.17) is 4.42 Å². The summed E-state index contributed by atoms with van der Waals surface area (Å²) in [6.45, 7) is 0.690. The van der Waals surface area contributed by atoms with E-state index >= 15 is 0 Å². The van der Waals surface area contributed by atoms with Crippen LogP contribution in [0.5, 0.6) is 0 Å². The lowest BCUT2D eigenvalue weighted by atomic mass is 10.1. The Kier molecular flexibility index (Phi) is 4.99. The molecule has 1 fully saturated rings. The highest BCUT2D eigenvalue weighted by atomic mass is 32.2. The minimum absolute atomic E-state index is 0.0166. The molecule has 1 aliphatic rings. The van der Waals surface area contributed by atoms with Crippen LogP contribution in [0.15, 0.2) is 52.0 Å². The zero-order valence-corrected chi connectivity index (χ0v) is 15.0. The van der Waals surface area contributed by atoms with E-state index in [9.17, 15) is 18.0 Å². The van der Waals surface area contributed by atoms with E-state index in [1.54, 1.807) is 18.2 Å². The van der Waals surface area contributed by atoms with E-state index in [-0.39, 0.29) is 34.4 Å². The predicted octanol–water partition coefficient (Wildman–Crippen LogP) is 1.01. The third-order valence-electron chi connectivity index (χ3n) is 4.12.